The largest absolute Gasteiger partial charge is 0.467 e. The molecule has 5 unspecified atom stereocenters. The Morgan fingerprint density at radius 2 is 2.07 bits per heavy atom. The Labute approximate surface area is 177 Å². The van der Waals surface area contributed by atoms with E-state index in [4.69, 9.17) is 9.73 Å². The maximum atomic E-state index is 13.5. The van der Waals surface area contributed by atoms with E-state index in [0.717, 1.165) is 28.6 Å². The van der Waals surface area contributed by atoms with Crippen molar-refractivity contribution in [2.45, 2.75) is 79.4 Å². The highest BCUT2D eigenvalue weighted by atomic mass is 79.9. The zero-order chi connectivity index (χ0) is 20.4. The van der Waals surface area contributed by atoms with Crippen molar-refractivity contribution in [1.29, 1.82) is 0 Å². The van der Waals surface area contributed by atoms with Crippen LogP contribution in [0.25, 0.3) is 0 Å². The fraction of sp³-hybridized carbons (Fsp3) is 0.667. The lowest BCUT2D eigenvalue weighted by atomic mass is 9.69. The van der Waals surface area contributed by atoms with Crippen LogP contribution in [0.15, 0.2) is 15.5 Å². The Morgan fingerprint density at radius 1 is 1.36 bits per heavy atom. The Kier molecular flexibility index (Phi) is 5.01. The van der Waals surface area contributed by atoms with Crippen LogP contribution in [0.3, 0.4) is 0 Å². The number of hydrogen-bond acceptors (Lipinski definition) is 3. The van der Waals surface area contributed by atoms with Crippen LogP contribution in [0, 0.1) is 30.1 Å². The first kappa shape index (κ1) is 20.1. The molecule has 5 atom stereocenters. The first-order valence-corrected chi connectivity index (χ1v) is 11.6. The molecule has 0 spiro atoms. The van der Waals surface area contributed by atoms with Crippen molar-refractivity contribution < 1.29 is 9.53 Å². The van der Waals surface area contributed by atoms with E-state index in [1.54, 1.807) is 0 Å². The van der Waals surface area contributed by atoms with Crippen molar-refractivity contribution in [2.75, 3.05) is 0 Å². The summed E-state index contributed by atoms with van der Waals surface area (Å²) in [5, 5.41) is 0. The van der Waals surface area contributed by atoms with Gasteiger partial charge < -0.3 is 4.74 Å². The van der Waals surface area contributed by atoms with Crippen LogP contribution in [0.1, 0.15) is 82.9 Å². The third-order valence-electron chi connectivity index (χ3n) is 7.54. The van der Waals surface area contributed by atoms with Crippen LogP contribution in [-0.2, 0) is 4.79 Å². The summed E-state index contributed by atoms with van der Waals surface area (Å²) in [6.07, 6.45) is 3.58. The molecule has 1 aromatic rings. The molecule has 0 N–H and O–H groups in total. The molecule has 3 aliphatic rings. The second kappa shape index (κ2) is 6.97. The minimum atomic E-state index is -0.283. The van der Waals surface area contributed by atoms with E-state index >= 15 is 0 Å². The van der Waals surface area contributed by atoms with Crippen molar-refractivity contribution in [3.63, 3.8) is 0 Å². The average Bonchev–Trinajstić information content (AvgIpc) is 2.96. The number of carbonyl (C=O) groups is 1. The normalized spacial score (nSPS) is 32.4. The highest BCUT2D eigenvalue weighted by Crippen LogP contribution is 2.60. The van der Waals surface area contributed by atoms with Gasteiger partial charge in [-0.1, -0.05) is 40.7 Å². The topological polar surface area (TPSA) is 38.7 Å². The number of ketones is 1. The molecule has 2 aliphatic carbocycles. The first-order valence-electron chi connectivity index (χ1n) is 10.8. The number of halogens is 1. The minimum absolute atomic E-state index is 0.00574. The van der Waals surface area contributed by atoms with Crippen molar-refractivity contribution in [2.24, 2.45) is 28.2 Å². The van der Waals surface area contributed by atoms with Gasteiger partial charge in [0.2, 0.25) is 0 Å². The summed E-state index contributed by atoms with van der Waals surface area (Å²) in [7, 11) is 0. The van der Waals surface area contributed by atoms with Crippen LogP contribution in [-0.4, -0.2) is 17.7 Å². The van der Waals surface area contributed by atoms with E-state index in [2.05, 4.69) is 63.5 Å². The molecule has 1 heterocycles. The van der Waals surface area contributed by atoms with Gasteiger partial charge in [-0.05, 0) is 76.4 Å². The molecule has 152 valence electrons. The summed E-state index contributed by atoms with van der Waals surface area (Å²) in [6, 6.07) is 2.30. The third-order valence-corrected chi connectivity index (χ3v) is 8.53. The standard InChI is InChI=1S/C24H32BrNO2/c1-7-13(4)23-26-21-17(27)11-24(6)9-8-15(12(2)3)19(24)16-10-14(5)20(25)22(28-23)18(16)21/h10,12-13,15,19,23H,7-9,11H2,1-6H3. The number of carbonyl (C=O) groups excluding carboxylic acids is 1. The second-order valence-corrected chi connectivity index (χ2v) is 10.6. The van der Waals surface area contributed by atoms with Gasteiger partial charge in [-0.2, -0.15) is 0 Å². The van der Waals surface area contributed by atoms with Gasteiger partial charge >= 0.3 is 0 Å². The molecule has 0 bridgehead atoms. The smallest absolute Gasteiger partial charge is 0.193 e. The van der Waals surface area contributed by atoms with Crippen LogP contribution in [0.5, 0.6) is 5.75 Å². The fourth-order valence-electron chi connectivity index (χ4n) is 5.69. The molecule has 1 aliphatic heterocycles. The third kappa shape index (κ3) is 2.89. The van der Waals surface area contributed by atoms with Gasteiger partial charge in [0.1, 0.15) is 11.5 Å². The Hall–Kier alpha value is -1.16. The van der Waals surface area contributed by atoms with Gasteiger partial charge in [0.15, 0.2) is 12.0 Å². The second-order valence-electron chi connectivity index (χ2n) is 9.85. The summed E-state index contributed by atoms with van der Waals surface area (Å²) < 4.78 is 7.41. The van der Waals surface area contributed by atoms with Crippen LogP contribution in [0.2, 0.25) is 0 Å². The lowest BCUT2D eigenvalue weighted by Gasteiger charge is -2.36. The Bertz CT molecular complexity index is 859. The first-order chi connectivity index (χ1) is 13.2. The number of aliphatic imine (C=N–C) groups is 1. The van der Waals surface area contributed by atoms with Crippen molar-refractivity contribution in [3.8, 4) is 5.75 Å². The zero-order valence-corrected chi connectivity index (χ0v) is 19.5. The number of ether oxygens (including phenoxy) is 1. The van der Waals surface area contributed by atoms with Gasteiger partial charge in [0.25, 0.3) is 0 Å². The van der Waals surface area contributed by atoms with E-state index < -0.39 is 0 Å². The number of aryl methyl sites for hydroxylation is 1. The highest BCUT2D eigenvalue weighted by molar-refractivity contribution is 9.10. The highest BCUT2D eigenvalue weighted by Gasteiger charge is 2.52. The molecule has 4 heteroatoms. The molecular weight excluding hydrogens is 414 g/mol. The summed E-state index contributed by atoms with van der Waals surface area (Å²) in [5.74, 6) is 2.88. The fourth-order valence-corrected chi connectivity index (χ4v) is 6.10. The molecule has 0 amide bonds. The average molecular weight is 446 g/mol. The molecule has 0 saturated heterocycles. The number of nitrogens with zero attached hydrogens (tertiary/aromatic N) is 1. The van der Waals surface area contributed by atoms with Gasteiger partial charge in [0, 0.05) is 12.3 Å². The lowest BCUT2D eigenvalue weighted by Crippen LogP contribution is -2.32. The maximum absolute atomic E-state index is 13.5. The van der Waals surface area contributed by atoms with Gasteiger partial charge in [-0.3, -0.25) is 4.79 Å². The Morgan fingerprint density at radius 3 is 2.71 bits per heavy atom. The predicted octanol–water partition coefficient (Wildman–Crippen LogP) is 6.44. The summed E-state index contributed by atoms with van der Waals surface area (Å²) >= 11 is 3.76. The van der Waals surface area contributed by atoms with E-state index in [1.165, 1.54) is 17.5 Å². The van der Waals surface area contributed by atoms with Crippen LogP contribution >= 0.6 is 15.9 Å². The molecule has 1 saturated carbocycles. The van der Waals surface area contributed by atoms with Gasteiger partial charge in [0.05, 0.1) is 10.0 Å². The molecule has 4 rings (SSSR count). The van der Waals surface area contributed by atoms with Gasteiger partial charge in [-0.25, -0.2) is 4.99 Å². The van der Waals surface area contributed by atoms with Crippen molar-refractivity contribution in [3.05, 3.63) is 27.2 Å². The summed E-state index contributed by atoms with van der Waals surface area (Å²) in [6.45, 7) is 13.4. The quantitative estimate of drug-likeness (QED) is 0.536. The monoisotopic (exact) mass is 445 g/mol. The molecule has 1 fully saturated rings. The maximum Gasteiger partial charge on any atom is 0.193 e. The molecule has 0 aromatic heterocycles. The Balaban J connectivity index is 1.99. The molecule has 3 nitrogen and oxygen atoms in total. The summed E-state index contributed by atoms with van der Waals surface area (Å²) in [4.78, 5) is 18.4. The predicted molar refractivity (Wildman–Crippen MR) is 117 cm³/mol. The van der Waals surface area contributed by atoms with E-state index in [9.17, 15) is 4.79 Å². The molecular formula is C24H32BrNO2. The molecule has 1 aromatic carbocycles. The van der Waals surface area contributed by atoms with Crippen molar-refractivity contribution in [1.82, 2.24) is 0 Å². The molecule has 0 radical (unpaired) electrons. The SMILES string of the molecule is CCC(C)C1N=C2C(=O)CC3(C)CCC(C(C)C)C3c3cc(C)c(Br)c(c32)O1. The van der Waals surface area contributed by atoms with E-state index in [-0.39, 0.29) is 23.3 Å². The van der Waals surface area contributed by atoms with E-state index in [0.29, 0.717) is 29.9 Å². The number of rotatable bonds is 3. The van der Waals surface area contributed by atoms with Crippen LogP contribution < -0.4 is 4.74 Å². The summed E-state index contributed by atoms with van der Waals surface area (Å²) in [5.41, 5.74) is 4.13. The van der Waals surface area contributed by atoms with Crippen molar-refractivity contribution >= 4 is 27.4 Å². The minimum Gasteiger partial charge on any atom is -0.467 e. The number of hydrogen-bond donors (Lipinski definition) is 0. The number of fused-ring (bicyclic) bond motifs is 2. The zero-order valence-electron chi connectivity index (χ0n) is 17.9. The van der Waals surface area contributed by atoms with Crippen LogP contribution in [0.4, 0.5) is 0 Å². The lowest BCUT2D eigenvalue weighted by molar-refractivity contribution is -0.115. The number of benzene rings is 1. The molecule has 28 heavy (non-hydrogen) atoms. The van der Waals surface area contributed by atoms with Gasteiger partial charge in [-0.15, -0.1) is 0 Å². The van der Waals surface area contributed by atoms with E-state index in [1.807, 2.05) is 0 Å². The number of Topliss-reactive ketones (excluding diaryl/α,β-unsaturated/α-hetero) is 1.